The average Bonchev–Trinajstić information content (AvgIpc) is 3.02. The number of fused-ring (bicyclic) bond motifs is 1. The Bertz CT molecular complexity index is 1100. The lowest BCUT2D eigenvalue weighted by atomic mass is 9.86. The van der Waals surface area contributed by atoms with Crippen molar-refractivity contribution >= 4 is 11.9 Å². The molecule has 0 atom stereocenters. The van der Waals surface area contributed by atoms with Crippen molar-refractivity contribution in [1.82, 2.24) is 0 Å². The second kappa shape index (κ2) is 7.83. The van der Waals surface area contributed by atoms with Gasteiger partial charge in [-0.2, -0.15) is 0 Å². The summed E-state index contributed by atoms with van der Waals surface area (Å²) in [5, 5.41) is 0. The van der Waals surface area contributed by atoms with Gasteiger partial charge in [-0.05, 0) is 47.2 Å². The number of allylic oxidation sites excluding steroid dienone is 1. The summed E-state index contributed by atoms with van der Waals surface area (Å²) in [6.07, 6.45) is 1.79. The molecule has 0 amide bonds. The zero-order valence-electron chi connectivity index (χ0n) is 17.9. The molecule has 0 bridgehead atoms. The molecule has 0 unspecified atom stereocenters. The predicted octanol–water partition coefficient (Wildman–Crippen LogP) is 6.49. The number of hydrogen-bond donors (Lipinski definition) is 0. The van der Waals surface area contributed by atoms with Gasteiger partial charge in [0.1, 0.15) is 18.1 Å². The molecule has 1 aliphatic rings. The van der Waals surface area contributed by atoms with Crippen molar-refractivity contribution in [3.63, 3.8) is 0 Å². The number of ether oxygens (including phenoxy) is 2. The van der Waals surface area contributed by atoms with Crippen LogP contribution in [0.1, 0.15) is 53.4 Å². The second-order valence-electron chi connectivity index (χ2n) is 8.74. The van der Waals surface area contributed by atoms with E-state index in [2.05, 4.69) is 64.1 Å². The SMILES string of the molecule is Cc1ccc(COc2ccc3c(c2)O/C(=C\c2ccc(C(C)(C)C)cc2)C3=O)cc1. The molecule has 0 spiro atoms. The van der Waals surface area contributed by atoms with E-state index in [0.717, 1.165) is 11.1 Å². The van der Waals surface area contributed by atoms with E-state index in [9.17, 15) is 4.79 Å². The summed E-state index contributed by atoms with van der Waals surface area (Å²) in [5.41, 5.74) is 5.16. The number of carbonyl (C=O) groups excluding carboxylic acids is 1. The summed E-state index contributed by atoms with van der Waals surface area (Å²) in [6, 6.07) is 21.8. The highest BCUT2D eigenvalue weighted by atomic mass is 16.5. The van der Waals surface area contributed by atoms with Gasteiger partial charge in [0.05, 0.1) is 5.56 Å². The van der Waals surface area contributed by atoms with Crippen molar-refractivity contribution < 1.29 is 14.3 Å². The van der Waals surface area contributed by atoms with Gasteiger partial charge in [0.15, 0.2) is 5.76 Å². The number of aryl methyl sites for hydroxylation is 1. The molecule has 0 saturated heterocycles. The third kappa shape index (κ3) is 4.30. The fourth-order valence-corrected chi connectivity index (χ4v) is 3.34. The Balaban J connectivity index is 1.48. The molecule has 1 heterocycles. The standard InChI is InChI=1S/C27H26O3/c1-18-5-7-20(8-6-18)17-29-22-13-14-23-24(16-22)30-25(26(23)28)15-19-9-11-21(12-10-19)27(2,3)4/h5-16H,17H2,1-4H3/b25-15-. The van der Waals surface area contributed by atoms with Crippen LogP contribution in [0.2, 0.25) is 0 Å². The van der Waals surface area contributed by atoms with E-state index in [0.29, 0.717) is 29.4 Å². The van der Waals surface area contributed by atoms with Crippen LogP contribution >= 0.6 is 0 Å². The average molecular weight is 399 g/mol. The first-order chi connectivity index (χ1) is 14.3. The van der Waals surface area contributed by atoms with E-state index in [-0.39, 0.29) is 11.2 Å². The summed E-state index contributed by atoms with van der Waals surface area (Å²) in [5.74, 6) is 1.45. The lowest BCUT2D eigenvalue weighted by Crippen LogP contribution is -2.10. The quantitative estimate of drug-likeness (QED) is 0.471. The molecule has 0 radical (unpaired) electrons. The molecule has 3 aromatic rings. The smallest absolute Gasteiger partial charge is 0.231 e. The third-order valence-corrected chi connectivity index (χ3v) is 5.24. The maximum atomic E-state index is 12.7. The highest BCUT2D eigenvalue weighted by Gasteiger charge is 2.27. The van der Waals surface area contributed by atoms with Crippen LogP contribution in [0.5, 0.6) is 11.5 Å². The van der Waals surface area contributed by atoms with E-state index < -0.39 is 0 Å². The van der Waals surface area contributed by atoms with Crippen LogP contribution in [0.4, 0.5) is 0 Å². The minimum Gasteiger partial charge on any atom is -0.489 e. The Morgan fingerprint density at radius 3 is 2.30 bits per heavy atom. The molecule has 1 aliphatic heterocycles. The van der Waals surface area contributed by atoms with Crippen molar-refractivity contribution in [2.75, 3.05) is 0 Å². The largest absolute Gasteiger partial charge is 0.489 e. The zero-order chi connectivity index (χ0) is 21.3. The van der Waals surface area contributed by atoms with Crippen molar-refractivity contribution in [3.8, 4) is 11.5 Å². The van der Waals surface area contributed by atoms with E-state index in [1.165, 1.54) is 11.1 Å². The summed E-state index contributed by atoms with van der Waals surface area (Å²) < 4.78 is 11.7. The molecule has 0 aliphatic carbocycles. The van der Waals surface area contributed by atoms with Gasteiger partial charge < -0.3 is 9.47 Å². The van der Waals surface area contributed by atoms with E-state index in [1.54, 1.807) is 18.2 Å². The van der Waals surface area contributed by atoms with Crippen molar-refractivity contribution in [1.29, 1.82) is 0 Å². The Hall–Kier alpha value is -3.33. The highest BCUT2D eigenvalue weighted by molar-refractivity contribution is 6.14. The van der Waals surface area contributed by atoms with Crippen LogP contribution in [0, 0.1) is 6.92 Å². The summed E-state index contributed by atoms with van der Waals surface area (Å²) in [4.78, 5) is 12.7. The maximum Gasteiger partial charge on any atom is 0.231 e. The van der Waals surface area contributed by atoms with Gasteiger partial charge in [-0.3, -0.25) is 4.79 Å². The lowest BCUT2D eigenvalue weighted by molar-refractivity contribution is 0.101. The number of benzene rings is 3. The molecule has 152 valence electrons. The summed E-state index contributed by atoms with van der Waals surface area (Å²) in [6.45, 7) is 9.07. The van der Waals surface area contributed by atoms with Gasteiger partial charge in [-0.25, -0.2) is 0 Å². The van der Waals surface area contributed by atoms with Gasteiger partial charge in [-0.1, -0.05) is 74.9 Å². The van der Waals surface area contributed by atoms with Gasteiger partial charge in [0.25, 0.3) is 0 Å². The van der Waals surface area contributed by atoms with Gasteiger partial charge in [0, 0.05) is 6.07 Å². The molecule has 0 aromatic heterocycles. The number of carbonyl (C=O) groups is 1. The van der Waals surface area contributed by atoms with E-state index >= 15 is 0 Å². The first-order valence-corrected chi connectivity index (χ1v) is 10.2. The monoisotopic (exact) mass is 398 g/mol. The number of rotatable bonds is 4. The summed E-state index contributed by atoms with van der Waals surface area (Å²) in [7, 11) is 0. The van der Waals surface area contributed by atoms with Crippen LogP contribution in [0.3, 0.4) is 0 Å². The molecule has 0 fully saturated rings. The Kier molecular flexibility index (Phi) is 5.21. The maximum absolute atomic E-state index is 12.7. The van der Waals surface area contributed by atoms with Crippen LogP contribution in [-0.2, 0) is 12.0 Å². The Labute approximate surface area is 178 Å². The fraction of sp³-hybridized carbons (Fsp3) is 0.222. The number of ketones is 1. The van der Waals surface area contributed by atoms with E-state index in [4.69, 9.17) is 9.47 Å². The second-order valence-corrected chi connectivity index (χ2v) is 8.74. The van der Waals surface area contributed by atoms with Crippen LogP contribution in [0.25, 0.3) is 6.08 Å². The van der Waals surface area contributed by atoms with Crippen LogP contribution in [0.15, 0.2) is 72.5 Å². The fourth-order valence-electron chi connectivity index (χ4n) is 3.34. The third-order valence-electron chi connectivity index (χ3n) is 5.24. The molecule has 3 aromatic carbocycles. The van der Waals surface area contributed by atoms with E-state index in [1.807, 2.05) is 18.2 Å². The van der Waals surface area contributed by atoms with Crippen molar-refractivity contribution in [2.24, 2.45) is 0 Å². The molecular formula is C27H26O3. The lowest BCUT2D eigenvalue weighted by Gasteiger charge is -2.18. The Morgan fingerprint density at radius 1 is 0.933 bits per heavy atom. The first-order valence-electron chi connectivity index (χ1n) is 10.2. The topological polar surface area (TPSA) is 35.5 Å². The normalized spacial score (nSPS) is 14.5. The molecule has 30 heavy (non-hydrogen) atoms. The van der Waals surface area contributed by atoms with Gasteiger partial charge in [-0.15, -0.1) is 0 Å². The number of hydrogen-bond acceptors (Lipinski definition) is 3. The summed E-state index contributed by atoms with van der Waals surface area (Å²) >= 11 is 0. The van der Waals surface area contributed by atoms with Gasteiger partial charge in [0.2, 0.25) is 5.78 Å². The zero-order valence-corrected chi connectivity index (χ0v) is 17.9. The van der Waals surface area contributed by atoms with Crippen LogP contribution < -0.4 is 9.47 Å². The van der Waals surface area contributed by atoms with Crippen LogP contribution in [-0.4, -0.2) is 5.78 Å². The van der Waals surface area contributed by atoms with Gasteiger partial charge >= 0.3 is 0 Å². The van der Waals surface area contributed by atoms with Crippen molar-refractivity contribution in [3.05, 3.63) is 100 Å². The molecule has 0 N–H and O–H groups in total. The highest BCUT2D eigenvalue weighted by Crippen LogP contribution is 2.35. The molecule has 3 nitrogen and oxygen atoms in total. The minimum absolute atomic E-state index is 0.0938. The predicted molar refractivity (Wildman–Crippen MR) is 120 cm³/mol. The minimum atomic E-state index is -0.102. The Morgan fingerprint density at radius 2 is 1.63 bits per heavy atom. The molecule has 3 heteroatoms. The molecule has 0 saturated carbocycles. The van der Waals surface area contributed by atoms with Crippen molar-refractivity contribution in [2.45, 2.75) is 39.7 Å². The first kappa shape index (κ1) is 20.0. The molecule has 4 rings (SSSR count). The molecular weight excluding hydrogens is 372 g/mol. The number of Topliss-reactive ketones (excluding diaryl/α,β-unsaturated/α-hetero) is 1.